The molecule has 1 spiro atoms. The van der Waals surface area contributed by atoms with Gasteiger partial charge in [0.25, 0.3) is 5.91 Å². The SMILES string of the molecule is Cc1cc(F)ccc1-c1cc(C2CC2)n(C2CC3(C2)CN(C(=O)c2cc(O)ccc2F)C3)n1. The van der Waals surface area contributed by atoms with Gasteiger partial charge in [0.05, 0.1) is 17.3 Å². The van der Waals surface area contributed by atoms with Crippen LogP contribution < -0.4 is 0 Å². The highest BCUT2D eigenvalue weighted by Crippen LogP contribution is 2.56. The van der Waals surface area contributed by atoms with Gasteiger partial charge in [-0.25, -0.2) is 8.78 Å². The molecule has 2 saturated carbocycles. The van der Waals surface area contributed by atoms with Crippen molar-refractivity contribution in [3.63, 3.8) is 0 Å². The number of rotatable bonds is 4. The second kappa shape index (κ2) is 7.14. The van der Waals surface area contributed by atoms with E-state index in [9.17, 15) is 18.7 Å². The fourth-order valence-corrected chi connectivity index (χ4v) is 5.56. The van der Waals surface area contributed by atoms with Crippen molar-refractivity contribution >= 4 is 5.91 Å². The normalized spacial score (nSPS) is 19.4. The molecular formula is C26H25F2N3O2. The number of phenols is 1. The Morgan fingerprint density at radius 1 is 1.09 bits per heavy atom. The first-order valence-electron chi connectivity index (χ1n) is 11.5. The molecular weight excluding hydrogens is 424 g/mol. The average molecular weight is 450 g/mol. The van der Waals surface area contributed by atoms with E-state index in [1.807, 2.05) is 6.92 Å². The molecule has 1 amide bonds. The van der Waals surface area contributed by atoms with E-state index < -0.39 is 5.82 Å². The van der Waals surface area contributed by atoms with Gasteiger partial charge in [-0.1, -0.05) is 0 Å². The van der Waals surface area contributed by atoms with E-state index in [-0.39, 0.29) is 34.5 Å². The lowest BCUT2D eigenvalue weighted by molar-refractivity contribution is -0.0745. The number of phenolic OH excluding ortho intramolecular Hbond substituents is 1. The number of likely N-dealkylation sites (tertiary alicyclic amines) is 1. The average Bonchev–Trinajstić information content (AvgIpc) is 3.47. The lowest BCUT2D eigenvalue weighted by Gasteiger charge is -2.59. The Balaban J connectivity index is 1.17. The summed E-state index contributed by atoms with van der Waals surface area (Å²) in [6.07, 6.45) is 4.21. The van der Waals surface area contributed by atoms with Crippen LogP contribution in [0.3, 0.4) is 0 Å². The molecule has 3 aromatic rings. The smallest absolute Gasteiger partial charge is 0.257 e. The molecule has 6 rings (SSSR count). The summed E-state index contributed by atoms with van der Waals surface area (Å²) < 4.78 is 29.8. The van der Waals surface area contributed by atoms with E-state index in [0.29, 0.717) is 19.0 Å². The van der Waals surface area contributed by atoms with Gasteiger partial charge in [0, 0.05) is 35.7 Å². The predicted molar refractivity (Wildman–Crippen MR) is 119 cm³/mol. The Labute approximate surface area is 190 Å². The standard InChI is InChI=1S/C26H25F2N3O2/c1-15-8-17(27)4-6-20(15)23-10-24(16-2-3-16)31(29-23)18-11-26(12-18)13-30(14-26)25(33)21-9-19(32)5-7-22(21)28/h4-10,16,18,32H,2-3,11-14H2,1H3. The number of halogens is 2. The van der Waals surface area contributed by atoms with E-state index in [4.69, 9.17) is 5.10 Å². The number of benzene rings is 2. The first-order chi connectivity index (χ1) is 15.8. The third-order valence-corrected chi connectivity index (χ3v) is 7.43. The van der Waals surface area contributed by atoms with Crippen LogP contribution in [-0.4, -0.2) is 38.8 Å². The number of aromatic nitrogens is 2. The van der Waals surface area contributed by atoms with Crippen molar-refractivity contribution in [2.45, 2.75) is 44.6 Å². The minimum Gasteiger partial charge on any atom is -0.508 e. The zero-order valence-corrected chi connectivity index (χ0v) is 18.4. The first-order valence-corrected chi connectivity index (χ1v) is 11.5. The minimum absolute atomic E-state index is 0.0619. The van der Waals surface area contributed by atoms with Crippen LogP contribution in [0, 0.1) is 24.0 Å². The zero-order valence-electron chi connectivity index (χ0n) is 18.4. The minimum atomic E-state index is -0.612. The highest BCUT2D eigenvalue weighted by Gasteiger charge is 2.55. The van der Waals surface area contributed by atoms with Gasteiger partial charge < -0.3 is 10.0 Å². The Bertz CT molecular complexity index is 1270. The fourth-order valence-electron chi connectivity index (χ4n) is 5.56. The maximum atomic E-state index is 14.0. The molecule has 0 unspecified atom stereocenters. The Kier molecular flexibility index (Phi) is 4.41. The zero-order chi connectivity index (χ0) is 22.9. The molecule has 2 aromatic carbocycles. The van der Waals surface area contributed by atoms with Crippen LogP contribution in [-0.2, 0) is 0 Å². The third kappa shape index (κ3) is 3.41. The molecule has 7 heteroatoms. The largest absolute Gasteiger partial charge is 0.508 e. The molecule has 1 N–H and O–H groups in total. The van der Waals surface area contributed by atoms with Gasteiger partial charge in [0.15, 0.2) is 0 Å². The third-order valence-electron chi connectivity index (χ3n) is 7.43. The summed E-state index contributed by atoms with van der Waals surface area (Å²) in [5.41, 5.74) is 3.96. The molecule has 2 heterocycles. The number of aryl methyl sites for hydroxylation is 1. The highest BCUT2D eigenvalue weighted by molar-refractivity contribution is 5.95. The summed E-state index contributed by atoms with van der Waals surface area (Å²) >= 11 is 0. The van der Waals surface area contributed by atoms with E-state index in [0.717, 1.165) is 35.7 Å². The van der Waals surface area contributed by atoms with Crippen LogP contribution in [0.25, 0.3) is 11.3 Å². The number of carbonyl (C=O) groups excluding carboxylic acids is 1. The van der Waals surface area contributed by atoms with Gasteiger partial charge in [-0.05, 0) is 80.6 Å². The summed E-state index contributed by atoms with van der Waals surface area (Å²) in [6.45, 7) is 3.10. The monoisotopic (exact) mass is 449 g/mol. The lowest BCUT2D eigenvalue weighted by atomic mass is 9.60. The molecule has 5 nitrogen and oxygen atoms in total. The number of nitrogens with zero attached hydrogens (tertiary/aromatic N) is 3. The number of amides is 1. The van der Waals surface area contributed by atoms with Crippen molar-refractivity contribution in [2.75, 3.05) is 13.1 Å². The van der Waals surface area contributed by atoms with Gasteiger partial charge in [-0.2, -0.15) is 5.10 Å². The van der Waals surface area contributed by atoms with Gasteiger partial charge in [-0.15, -0.1) is 0 Å². The van der Waals surface area contributed by atoms with Crippen molar-refractivity contribution in [1.29, 1.82) is 0 Å². The number of hydrogen-bond acceptors (Lipinski definition) is 3. The molecule has 3 fully saturated rings. The Morgan fingerprint density at radius 3 is 2.55 bits per heavy atom. The molecule has 1 aliphatic heterocycles. The van der Waals surface area contributed by atoms with Crippen molar-refractivity contribution < 1.29 is 18.7 Å². The van der Waals surface area contributed by atoms with Gasteiger partial charge in [-0.3, -0.25) is 9.48 Å². The quantitative estimate of drug-likeness (QED) is 0.596. The molecule has 0 bridgehead atoms. The van der Waals surface area contributed by atoms with Gasteiger partial charge in [0.1, 0.15) is 17.4 Å². The molecule has 0 atom stereocenters. The van der Waals surface area contributed by atoms with Crippen LogP contribution in [0.1, 0.15) is 59.3 Å². The number of aromatic hydroxyl groups is 1. The topological polar surface area (TPSA) is 58.4 Å². The van der Waals surface area contributed by atoms with E-state index in [1.165, 1.54) is 36.7 Å². The number of hydrogen-bond donors (Lipinski definition) is 1. The fraction of sp³-hybridized carbons (Fsp3) is 0.385. The Hall–Kier alpha value is -3.22. The second-order valence-corrected chi connectivity index (χ2v) is 10.0. The van der Waals surface area contributed by atoms with E-state index in [2.05, 4.69) is 10.7 Å². The molecule has 33 heavy (non-hydrogen) atoms. The van der Waals surface area contributed by atoms with Crippen LogP contribution in [0.15, 0.2) is 42.5 Å². The Morgan fingerprint density at radius 2 is 1.85 bits per heavy atom. The van der Waals surface area contributed by atoms with Crippen molar-refractivity contribution in [1.82, 2.24) is 14.7 Å². The number of carbonyl (C=O) groups is 1. The predicted octanol–water partition coefficient (Wildman–Crippen LogP) is 5.20. The van der Waals surface area contributed by atoms with Crippen LogP contribution in [0.2, 0.25) is 0 Å². The van der Waals surface area contributed by atoms with Crippen LogP contribution in [0.4, 0.5) is 8.78 Å². The van der Waals surface area contributed by atoms with Crippen molar-refractivity contribution in [3.05, 3.63) is 70.9 Å². The summed E-state index contributed by atoms with van der Waals surface area (Å²) in [5, 5.41) is 14.5. The maximum absolute atomic E-state index is 14.0. The summed E-state index contributed by atoms with van der Waals surface area (Å²) in [4.78, 5) is 14.3. The van der Waals surface area contributed by atoms with Crippen molar-refractivity contribution in [3.8, 4) is 17.0 Å². The van der Waals surface area contributed by atoms with Gasteiger partial charge >= 0.3 is 0 Å². The van der Waals surface area contributed by atoms with Crippen molar-refractivity contribution in [2.24, 2.45) is 5.41 Å². The summed E-state index contributed by atoms with van der Waals surface area (Å²) in [6, 6.07) is 10.8. The molecule has 1 saturated heterocycles. The highest BCUT2D eigenvalue weighted by atomic mass is 19.1. The van der Waals surface area contributed by atoms with Crippen LogP contribution in [0.5, 0.6) is 5.75 Å². The van der Waals surface area contributed by atoms with Gasteiger partial charge in [0.2, 0.25) is 0 Å². The molecule has 1 aromatic heterocycles. The maximum Gasteiger partial charge on any atom is 0.257 e. The van der Waals surface area contributed by atoms with Crippen LogP contribution >= 0.6 is 0 Å². The molecule has 0 radical (unpaired) electrons. The summed E-state index contributed by atoms with van der Waals surface area (Å²) in [5.74, 6) is -0.800. The van der Waals surface area contributed by atoms with E-state index in [1.54, 1.807) is 17.0 Å². The first kappa shape index (κ1) is 20.4. The molecule has 2 aliphatic carbocycles. The lowest BCUT2D eigenvalue weighted by Crippen LogP contribution is -2.64. The van der Waals surface area contributed by atoms with E-state index >= 15 is 0 Å². The second-order valence-electron chi connectivity index (χ2n) is 10.0. The molecule has 170 valence electrons. The molecule has 3 aliphatic rings. The summed E-state index contributed by atoms with van der Waals surface area (Å²) in [7, 11) is 0.